The van der Waals surface area contributed by atoms with Crippen LogP contribution in [0, 0.1) is 13.8 Å². The number of rotatable bonds is 5. The first-order valence-electron chi connectivity index (χ1n) is 7.12. The summed E-state index contributed by atoms with van der Waals surface area (Å²) in [6, 6.07) is 4.50. The normalized spacial score (nSPS) is 12.5. The number of hydrogen-bond acceptors (Lipinski definition) is 3. The van der Waals surface area contributed by atoms with Gasteiger partial charge in [0, 0.05) is 14.9 Å². The van der Waals surface area contributed by atoms with Crippen LogP contribution in [0.25, 0.3) is 0 Å². The number of methoxy groups -OCH3 is 1. The summed E-state index contributed by atoms with van der Waals surface area (Å²) in [4.78, 5) is 1.37. The maximum atomic E-state index is 5.71. The predicted molar refractivity (Wildman–Crippen MR) is 94.8 cm³/mol. The smallest absolute Gasteiger partial charge is 0.127 e. The minimum Gasteiger partial charge on any atom is -0.496 e. The van der Waals surface area contributed by atoms with E-state index in [9.17, 15) is 0 Å². The van der Waals surface area contributed by atoms with Crippen molar-refractivity contribution in [3.63, 3.8) is 0 Å². The molecule has 114 valence electrons. The molecule has 1 aromatic heterocycles. The summed E-state index contributed by atoms with van der Waals surface area (Å²) in [6.45, 7) is 6.44. The molecule has 2 rings (SSSR count). The van der Waals surface area contributed by atoms with Gasteiger partial charge in [-0.05, 0) is 61.5 Å². The molecule has 0 aliphatic heterocycles. The quantitative estimate of drug-likeness (QED) is 0.801. The van der Waals surface area contributed by atoms with E-state index in [2.05, 4.69) is 59.5 Å². The summed E-state index contributed by atoms with van der Waals surface area (Å²) in [6.07, 6.45) is 1.05. The van der Waals surface area contributed by atoms with Gasteiger partial charge in [0.1, 0.15) is 5.75 Å². The molecule has 0 aliphatic rings. The van der Waals surface area contributed by atoms with Crippen molar-refractivity contribution in [3.05, 3.63) is 49.1 Å². The summed E-state index contributed by atoms with van der Waals surface area (Å²) in [5, 5.41) is 5.65. The van der Waals surface area contributed by atoms with E-state index in [-0.39, 0.29) is 6.04 Å². The fourth-order valence-electron chi connectivity index (χ4n) is 2.79. The molecule has 1 heterocycles. The van der Waals surface area contributed by atoms with Gasteiger partial charge >= 0.3 is 0 Å². The number of thiophene rings is 1. The van der Waals surface area contributed by atoms with E-state index in [1.807, 2.05) is 18.4 Å². The topological polar surface area (TPSA) is 21.3 Å². The molecule has 1 atom stereocenters. The standard InChI is InChI=1S/C17H22BrNOS/c1-6-12-7-8-21-17(12)15(19-4)14-11(3)13(18)9-10(2)16(14)20-5/h7-9,15,19H,6H2,1-5H3. The Balaban J connectivity index is 2.68. The Morgan fingerprint density at radius 2 is 2.10 bits per heavy atom. The molecular weight excluding hydrogens is 346 g/mol. The number of ether oxygens (including phenoxy) is 1. The van der Waals surface area contributed by atoms with Gasteiger partial charge in [-0.2, -0.15) is 0 Å². The van der Waals surface area contributed by atoms with Crippen LogP contribution < -0.4 is 10.1 Å². The molecule has 1 N–H and O–H groups in total. The minimum atomic E-state index is 0.158. The maximum absolute atomic E-state index is 5.71. The molecule has 2 aromatic rings. The summed E-state index contributed by atoms with van der Waals surface area (Å²) < 4.78 is 6.84. The van der Waals surface area contributed by atoms with Gasteiger partial charge in [-0.3, -0.25) is 0 Å². The number of halogens is 1. The molecule has 0 bridgehead atoms. The van der Waals surface area contributed by atoms with Crippen molar-refractivity contribution in [2.45, 2.75) is 33.2 Å². The lowest BCUT2D eigenvalue weighted by molar-refractivity contribution is 0.401. The highest BCUT2D eigenvalue weighted by molar-refractivity contribution is 9.10. The van der Waals surface area contributed by atoms with Crippen LogP contribution in [-0.2, 0) is 6.42 Å². The van der Waals surface area contributed by atoms with Gasteiger partial charge in [0.05, 0.1) is 13.2 Å². The third-order valence-corrected chi connectivity index (χ3v) is 5.76. The van der Waals surface area contributed by atoms with Crippen LogP contribution in [0.1, 0.15) is 40.1 Å². The molecule has 0 aliphatic carbocycles. The lowest BCUT2D eigenvalue weighted by atomic mass is 9.94. The van der Waals surface area contributed by atoms with Gasteiger partial charge in [-0.25, -0.2) is 0 Å². The Kier molecular flexibility index (Phi) is 5.47. The molecule has 0 amide bonds. The van der Waals surface area contributed by atoms with Crippen LogP contribution in [0.5, 0.6) is 5.75 Å². The van der Waals surface area contributed by atoms with Crippen molar-refractivity contribution < 1.29 is 4.74 Å². The largest absolute Gasteiger partial charge is 0.496 e. The molecule has 2 nitrogen and oxygen atoms in total. The van der Waals surface area contributed by atoms with Crippen LogP contribution in [0.2, 0.25) is 0 Å². The van der Waals surface area contributed by atoms with Gasteiger partial charge in [0.2, 0.25) is 0 Å². The van der Waals surface area contributed by atoms with Gasteiger partial charge in [0.15, 0.2) is 0 Å². The van der Waals surface area contributed by atoms with E-state index in [1.54, 1.807) is 7.11 Å². The van der Waals surface area contributed by atoms with Gasteiger partial charge in [-0.15, -0.1) is 11.3 Å². The molecular formula is C17H22BrNOS. The van der Waals surface area contributed by atoms with E-state index < -0.39 is 0 Å². The molecule has 1 unspecified atom stereocenters. The lowest BCUT2D eigenvalue weighted by Gasteiger charge is -2.24. The van der Waals surface area contributed by atoms with Crippen LogP contribution in [-0.4, -0.2) is 14.2 Å². The van der Waals surface area contributed by atoms with Crippen molar-refractivity contribution in [1.29, 1.82) is 0 Å². The van der Waals surface area contributed by atoms with Crippen molar-refractivity contribution in [2.24, 2.45) is 0 Å². The van der Waals surface area contributed by atoms with Gasteiger partial charge in [-0.1, -0.05) is 22.9 Å². The maximum Gasteiger partial charge on any atom is 0.127 e. The summed E-state index contributed by atoms with van der Waals surface area (Å²) in [5.74, 6) is 0.977. The molecule has 1 aromatic carbocycles. The molecule has 0 radical (unpaired) electrons. The second kappa shape index (κ2) is 6.95. The fourth-order valence-corrected chi connectivity index (χ4v) is 4.46. The second-order valence-electron chi connectivity index (χ2n) is 5.13. The third kappa shape index (κ3) is 3.03. The van der Waals surface area contributed by atoms with E-state index in [4.69, 9.17) is 4.74 Å². The number of aryl methyl sites for hydroxylation is 2. The summed E-state index contributed by atoms with van der Waals surface area (Å²) >= 11 is 5.48. The zero-order valence-corrected chi connectivity index (χ0v) is 15.6. The van der Waals surface area contributed by atoms with Crippen LogP contribution in [0.3, 0.4) is 0 Å². The summed E-state index contributed by atoms with van der Waals surface area (Å²) in [7, 11) is 3.76. The van der Waals surface area contributed by atoms with Crippen molar-refractivity contribution in [3.8, 4) is 5.75 Å². The van der Waals surface area contributed by atoms with E-state index >= 15 is 0 Å². The van der Waals surface area contributed by atoms with Crippen molar-refractivity contribution in [2.75, 3.05) is 14.2 Å². The highest BCUT2D eigenvalue weighted by atomic mass is 79.9. The zero-order chi connectivity index (χ0) is 15.6. The molecule has 4 heteroatoms. The van der Waals surface area contributed by atoms with E-state index in [0.717, 1.165) is 22.2 Å². The fraction of sp³-hybridized carbons (Fsp3) is 0.412. The van der Waals surface area contributed by atoms with Gasteiger partial charge in [0.25, 0.3) is 0 Å². The van der Waals surface area contributed by atoms with Crippen LogP contribution >= 0.6 is 27.3 Å². The van der Waals surface area contributed by atoms with E-state index in [1.165, 1.54) is 21.6 Å². The minimum absolute atomic E-state index is 0.158. The monoisotopic (exact) mass is 367 g/mol. The van der Waals surface area contributed by atoms with Crippen LogP contribution in [0.15, 0.2) is 22.0 Å². The Bertz CT molecular complexity index is 636. The Labute approximate surface area is 139 Å². The first kappa shape index (κ1) is 16.5. The summed E-state index contributed by atoms with van der Waals surface area (Å²) in [5.41, 5.74) is 5.01. The van der Waals surface area contributed by atoms with Gasteiger partial charge < -0.3 is 10.1 Å². The number of benzene rings is 1. The molecule has 0 saturated carbocycles. The molecule has 21 heavy (non-hydrogen) atoms. The Morgan fingerprint density at radius 3 is 2.67 bits per heavy atom. The third-order valence-electron chi connectivity index (χ3n) is 3.91. The number of nitrogens with one attached hydrogen (secondary N) is 1. The zero-order valence-electron chi connectivity index (χ0n) is 13.2. The Hall–Kier alpha value is -0.840. The Morgan fingerprint density at radius 1 is 1.38 bits per heavy atom. The van der Waals surface area contributed by atoms with E-state index in [0.29, 0.717) is 0 Å². The average molecular weight is 368 g/mol. The molecule has 0 fully saturated rings. The van der Waals surface area contributed by atoms with Crippen molar-refractivity contribution in [1.82, 2.24) is 5.32 Å². The molecule has 0 saturated heterocycles. The predicted octanol–water partition coefficient (Wildman–Crippen LogP) is 5.01. The number of hydrogen-bond donors (Lipinski definition) is 1. The first-order valence-corrected chi connectivity index (χ1v) is 8.79. The second-order valence-corrected chi connectivity index (χ2v) is 6.93. The highest BCUT2D eigenvalue weighted by Gasteiger charge is 2.24. The lowest BCUT2D eigenvalue weighted by Crippen LogP contribution is -2.20. The van der Waals surface area contributed by atoms with Crippen molar-refractivity contribution >= 4 is 27.3 Å². The molecule has 0 spiro atoms. The highest BCUT2D eigenvalue weighted by Crippen LogP contribution is 2.41. The average Bonchev–Trinajstić information content (AvgIpc) is 2.93. The van der Waals surface area contributed by atoms with Crippen LogP contribution in [0.4, 0.5) is 0 Å². The first-order chi connectivity index (χ1) is 10.0. The SMILES string of the molecule is CCc1ccsc1C(NC)c1c(C)c(Br)cc(C)c1OC.